The van der Waals surface area contributed by atoms with Crippen LogP contribution < -0.4 is 5.73 Å². The predicted octanol–water partition coefficient (Wildman–Crippen LogP) is 3.99. The fraction of sp³-hybridized carbons (Fsp3) is 0. The second kappa shape index (κ2) is 4.29. The van der Waals surface area contributed by atoms with Gasteiger partial charge in [0.15, 0.2) is 0 Å². The van der Waals surface area contributed by atoms with Crippen molar-refractivity contribution in [2.75, 3.05) is 5.73 Å². The molecule has 3 heteroatoms. The summed E-state index contributed by atoms with van der Waals surface area (Å²) in [4.78, 5) is 0.815. The Morgan fingerprint density at radius 2 is 1.67 bits per heavy atom. The SMILES string of the molecule is Nc1c(S)cccc1-c1ccc(Br)cc1. The van der Waals surface area contributed by atoms with E-state index in [0.717, 1.165) is 26.2 Å². The Morgan fingerprint density at radius 1 is 1.00 bits per heavy atom. The summed E-state index contributed by atoms with van der Waals surface area (Å²) in [5.74, 6) is 0. The molecule has 0 fully saturated rings. The molecule has 0 aromatic heterocycles. The minimum Gasteiger partial charge on any atom is -0.397 e. The smallest absolute Gasteiger partial charge is 0.0529 e. The van der Waals surface area contributed by atoms with Crippen molar-refractivity contribution in [3.05, 3.63) is 46.9 Å². The topological polar surface area (TPSA) is 26.0 Å². The molecule has 0 saturated carbocycles. The summed E-state index contributed by atoms with van der Waals surface area (Å²) < 4.78 is 1.06. The number of anilines is 1. The van der Waals surface area contributed by atoms with E-state index in [0.29, 0.717) is 0 Å². The molecule has 0 aliphatic carbocycles. The van der Waals surface area contributed by atoms with Gasteiger partial charge in [0.05, 0.1) is 5.69 Å². The summed E-state index contributed by atoms with van der Waals surface area (Å²) in [6, 6.07) is 13.9. The molecule has 2 N–H and O–H groups in total. The predicted molar refractivity (Wildman–Crippen MR) is 71.2 cm³/mol. The molecule has 15 heavy (non-hydrogen) atoms. The van der Waals surface area contributed by atoms with Gasteiger partial charge in [0.25, 0.3) is 0 Å². The quantitative estimate of drug-likeness (QED) is 0.599. The fourth-order valence-corrected chi connectivity index (χ4v) is 1.91. The molecule has 0 aliphatic heterocycles. The molecule has 0 radical (unpaired) electrons. The lowest BCUT2D eigenvalue weighted by molar-refractivity contribution is 1.46. The Morgan fingerprint density at radius 3 is 2.33 bits per heavy atom. The molecule has 2 aromatic carbocycles. The van der Waals surface area contributed by atoms with Crippen molar-refractivity contribution in [2.45, 2.75) is 4.90 Å². The highest BCUT2D eigenvalue weighted by Crippen LogP contribution is 2.30. The van der Waals surface area contributed by atoms with Crippen LogP contribution >= 0.6 is 28.6 Å². The van der Waals surface area contributed by atoms with E-state index in [-0.39, 0.29) is 0 Å². The van der Waals surface area contributed by atoms with Crippen LogP contribution in [0, 0.1) is 0 Å². The van der Waals surface area contributed by atoms with Crippen molar-refractivity contribution < 1.29 is 0 Å². The lowest BCUT2D eigenvalue weighted by atomic mass is 10.0. The third-order valence-corrected chi connectivity index (χ3v) is 3.16. The molecule has 0 saturated heterocycles. The first kappa shape index (κ1) is 10.6. The lowest BCUT2D eigenvalue weighted by Gasteiger charge is -2.07. The molecular weight excluding hydrogens is 270 g/mol. The first-order valence-electron chi connectivity index (χ1n) is 4.52. The van der Waals surface area contributed by atoms with E-state index in [1.807, 2.05) is 42.5 Å². The second-order valence-corrected chi connectivity index (χ2v) is 4.64. The Hall–Kier alpha value is -0.930. The second-order valence-electron chi connectivity index (χ2n) is 3.25. The van der Waals surface area contributed by atoms with Gasteiger partial charge >= 0.3 is 0 Å². The number of rotatable bonds is 1. The van der Waals surface area contributed by atoms with E-state index < -0.39 is 0 Å². The van der Waals surface area contributed by atoms with Gasteiger partial charge in [0.2, 0.25) is 0 Å². The van der Waals surface area contributed by atoms with Crippen molar-refractivity contribution in [3.8, 4) is 11.1 Å². The number of nitrogen functional groups attached to an aromatic ring is 1. The number of para-hydroxylation sites is 1. The first-order valence-corrected chi connectivity index (χ1v) is 5.76. The summed E-state index contributed by atoms with van der Waals surface area (Å²) in [5, 5.41) is 0. The van der Waals surface area contributed by atoms with Crippen molar-refractivity contribution in [2.24, 2.45) is 0 Å². The Labute approximate surface area is 103 Å². The molecule has 0 aliphatic rings. The summed E-state index contributed by atoms with van der Waals surface area (Å²) >= 11 is 7.71. The summed E-state index contributed by atoms with van der Waals surface area (Å²) in [7, 11) is 0. The molecule has 1 nitrogen and oxygen atoms in total. The fourth-order valence-electron chi connectivity index (χ4n) is 1.43. The molecule has 0 atom stereocenters. The summed E-state index contributed by atoms with van der Waals surface area (Å²) in [6.07, 6.45) is 0. The van der Waals surface area contributed by atoms with Crippen LogP contribution in [0.3, 0.4) is 0 Å². The maximum atomic E-state index is 5.96. The van der Waals surface area contributed by atoms with Crippen molar-refractivity contribution >= 4 is 34.2 Å². The molecule has 0 amide bonds. The zero-order chi connectivity index (χ0) is 10.8. The molecular formula is C12H10BrNS. The average Bonchev–Trinajstić information content (AvgIpc) is 2.24. The standard InChI is InChI=1S/C12H10BrNS/c13-9-6-4-8(5-7-9)10-2-1-3-11(15)12(10)14/h1-7,15H,14H2. The number of thiol groups is 1. The monoisotopic (exact) mass is 279 g/mol. The normalized spacial score (nSPS) is 10.3. The van der Waals surface area contributed by atoms with E-state index in [2.05, 4.69) is 28.6 Å². The van der Waals surface area contributed by atoms with Gasteiger partial charge < -0.3 is 5.73 Å². The van der Waals surface area contributed by atoms with E-state index in [4.69, 9.17) is 5.73 Å². The largest absolute Gasteiger partial charge is 0.397 e. The third kappa shape index (κ3) is 2.19. The van der Waals surface area contributed by atoms with Crippen LogP contribution in [-0.2, 0) is 0 Å². The van der Waals surface area contributed by atoms with E-state index in [1.165, 1.54) is 0 Å². The Bertz CT molecular complexity index is 479. The van der Waals surface area contributed by atoms with Crippen molar-refractivity contribution in [3.63, 3.8) is 0 Å². The van der Waals surface area contributed by atoms with E-state index in [9.17, 15) is 0 Å². The number of halogens is 1. The van der Waals surface area contributed by atoms with Gasteiger partial charge in [0, 0.05) is 14.9 Å². The lowest BCUT2D eigenvalue weighted by Crippen LogP contribution is -1.91. The highest BCUT2D eigenvalue weighted by Gasteiger charge is 2.04. The zero-order valence-electron chi connectivity index (χ0n) is 7.94. The number of benzene rings is 2. The van der Waals surface area contributed by atoms with Crippen LogP contribution in [0.4, 0.5) is 5.69 Å². The molecule has 0 bridgehead atoms. The van der Waals surface area contributed by atoms with Crippen molar-refractivity contribution in [1.82, 2.24) is 0 Å². The van der Waals surface area contributed by atoms with Crippen molar-refractivity contribution in [1.29, 1.82) is 0 Å². The Kier molecular flexibility index (Phi) is 3.03. The first-order chi connectivity index (χ1) is 7.18. The maximum absolute atomic E-state index is 5.96. The summed E-state index contributed by atoms with van der Waals surface area (Å²) in [5.41, 5.74) is 8.82. The highest BCUT2D eigenvalue weighted by atomic mass is 79.9. The Balaban J connectivity index is 2.54. The van der Waals surface area contributed by atoms with Crippen LogP contribution in [0.2, 0.25) is 0 Å². The van der Waals surface area contributed by atoms with Gasteiger partial charge in [-0.2, -0.15) is 0 Å². The number of nitrogens with two attached hydrogens (primary N) is 1. The van der Waals surface area contributed by atoms with Gasteiger partial charge in [-0.1, -0.05) is 40.2 Å². The molecule has 76 valence electrons. The molecule has 2 aromatic rings. The van der Waals surface area contributed by atoms with Crippen LogP contribution in [0.1, 0.15) is 0 Å². The van der Waals surface area contributed by atoms with Crippen LogP contribution in [-0.4, -0.2) is 0 Å². The van der Waals surface area contributed by atoms with Gasteiger partial charge in [-0.25, -0.2) is 0 Å². The van der Waals surface area contributed by atoms with Crippen LogP contribution in [0.5, 0.6) is 0 Å². The minimum atomic E-state index is 0.725. The molecule has 0 unspecified atom stereocenters. The number of hydrogen-bond acceptors (Lipinski definition) is 2. The molecule has 2 rings (SSSR count). The highest BCUT2D eigenvalue weighted by molar-refractivity contribution is 9.10. The van der Waals surface area contributed by atoms with E-state index >= 15 is 0 Å². The summed E-state index contributed by atoms with van der Waals surface area (Å²) in [6.45, 7) is 0. The third-order valence-electron chi connectivity index (χ3n) is 2.24. The van der Waals surface area contributed by atoms with Gasteiger partial charge in [0.1, 0.15) is 0 Å². The zero-order valence-corrected chi connectivity index (χ0v) is 10.4. The van der Waals surface area contributed by atoms with Crippen LogP contribution in [0.25, 0.3) is 11.1 Å². The molecule has 0 heterocycles. The van der Waals surface area contributed by atoms with Gasteiger partial charge in [-0.15, -0.1) is 12.6 Å². The average molecular weight is 280 g/mol. The minimum absolute atomic E-state index is 0.725. The van der Waals surface area contributed by atoms with E-state index in [1.54, 1.807) is 0 Å². The van der Waals surface area contributed by atoms with Crippen LogP contribution in [0.15, 0.2) is 51.8 Å². The molecule has 0 spiro atoms. The maximum Gasteiger partial charge on any atom is 0.0529 e. The van der Waals surface area contributed by atoms with Gasteiger partial charge in [-0.05, 0) is 23.8 Å². The van der Waals surface area contributed by atoms with Gasteiger partial charge in [-0.3, -0.25) is 0 Å². The number of hydrogen-bond donors (Lipinski definition) is 2.